The number of aliphatic hydroxyl groups is 2. The van der Waals surface area contributed by atoms with Gasteiger partial charge in [0.15, 0.2) is 0 Å². The summed E-state index contributed by atoms with van der Waals surface area (Å²) in [5.41, 5.74) is 0.243. The fraction of sp³-hybridized carbons (Fsp3) is 0.417. The highest BCUT2D eigenvalue weighted by molar-refractivity contribution is 7.89. The standard InChI is InChI=1S/C12H18N2O5S/c1-2-13-20(18,19)11-5-3-9(4-6-11)12(17)14-10(7-15)8-16/h3-6,10,13,15-16H,2,7-8H2,1H3,(H,14,17). The Kier molecular flexibility index (Phi) is 6.08. The molecule has 0 aliphatic rings. The average molecular weight is 302 g/mol. The topological polar surface area (TPSA) is 116 Å². The molecule has 20 heavy (non-hydrogen) atoms. The van der Waals surface area contributed by atoms with Crippen molar-refractivity contribution in [3.63, 3.8) is 0 Å². The number of nitrogens with one attached hydrogen (secondary N) is 2. The predicted octanol–water partition coefficient (Wildman–Crippen LogP) is -0.932. The van der Waals surface area contributed by atoms with Crippen molar-refractivity contribution < 1.29 is 23.4 Å². The molecule has 0 heterocycles. The zero-order valence-electron chi connectivity index (χ0n) is 11.0. The minimum absolute atomic E-state index is 0.0665. The van der Waals surface area contributed by atoms with Crippen molar-refractivity contribution in [1.82, 2.24) is 10.0 Å². The summed E-state index contributed by atoms with van der Waals surface area (Å²) in [7, 11) is -3.55. The van der Waals surface area contributed by atoms with E-state index >= 15 is 0 Å². The quantitative estimate of drug-likeness (QED) is 0.519. The van der Waals surface area contributed by atoms with Crippen LogP contribution in [0.25, 0.3) is 0 Å². The number of carbonyl (C=O) groups is 1. The van der Waals surface area contributed by atoms with E-state index in [1.165, 1.54) is 24.3 Å². The summed E-state index contributed by atoms with van der Waals surface area (Å²) in [6.07, 6.45) is 0. The highest BCUT2D eigenvalue weighted by atomic mass is 32.2. The number of carbonyl (C=O) groups excluding carboxylic acids is 1. The molecule has 0 fully saturated rings. The molecule has 1 amide bonds. The fourth-order valence-corrected chi connectivity index (χ4v) is 2.52. The van der Waals surface area contributed by atoms with Gasteiger partial charge in [-0.15, -0.1) is 0 Å². The second-order valence-corrected chi connectivity index (χ2v) is 5.83. The number of aliphatic hydroxyl groups excluding tert-OH is 2. The third-order valence-corrected chi connectivity index (χ3v) is 4.10. The summed E-state index contributed by atoms with van der Waals surface area (Å²) >= 11 is 0. The van der Waals surface area contributed by atoms with Crippen molar-refractivity contribution >= 4 is 15.9 Å². The molecule has 1 rings (SSSR count). The van der Waals surface area contributed by atoms with Crippen molar-refractivity contribution in [1.29, 1.82) is 0 Å². The van der Waals surface area contributed by atoms with E-state index in [0.717, 1.165) is 0 Å². The van der Waals surface area contributed by atoms with E-state index in [1.54, 1.807) is 6.92 Å². The summed E-state index contributed by atoms with van der Waals surface area (Å²) in [4.78, 5) is 11.8. The van der Waals surface area contributed by atoms with Gasteiger partial charge in [0.2, 0.25) is 10.0 Å². The first-order valence-corrected chi connectivity index (χ1v) is 7.55. The number of rotatable bonds is 7. The Morgan fingerprint density at radius 2 is 1.75 bits per heavy atom. The first-order chi connectivity index (χ1) is 9.44. The molecule has 0 aliphatic heterocycles. The van der Waals surface area contributed by atoms with Crippen LogP contribution in [-0.2, 0) is 10.0 Å². The first kappa shape index (κ1) is 16.6. The minimum Gasteiger partial charge on any atom is -0.394 e. The molecular formula is C12H18N2O5S. The van der Waals surface area contributed by atoms with Gasteiger partial charge < -0.3 is 15.5 Å². The minimum atomic E-state index is -3.55. The second-order valence-electron chi connectivity index (χ2n) is 4.06. The number of amides is 1. The third-order valence-electron chi connectivity index (χ3n) is 2.54. The van der Waals surface area contributed by atoms with Gasteiger partial charge in [0.25, 0.3) is 5.91 Å². The fourth-order valence-electron chi connectivity index (χ4n) is 1.48. The molecule has 0 aromatic heterocycles. The Balaban J connectivity index is 2.84. The molecule has 0 atom stereocenters. The lowest BCUT2D eigenvalue weighted by molar-refractivity contribution is 0.0879. The van der Waals surface area contributed by atoms with Crippen LogP contribution < -0.4 is 10.0 Å². The van der Waals surface area contributed by atoms with Crippen molar-refractivity contribution in [2.45, 2.75) is 17.9 Å². The van der Waals surface area contributed by atoms with Gasteiger partial charge >= 0.3 is 0 Å². The summed E-state index contributed by atoms with van der Waals surface area (Å²) in [5.74, 6) is -0.495. The van der Waals surface area contributed by atoms with Crippen LogP contribution in [0.1, 0.15) is 17.3 Å². The van der Waals surface area contributed by atoms with Crippen LogP contribution in [0.5, 0.6) is 0 Å². The maximum absolute atomic E-state index is 11.8. The SMILES string of the molecule is CCNS(=O)(=O)c1ccc(C(=O)NC(CO)CO)cc1. The molecule has 0 radical (unpaired) electrons. The van der Waals surface area contributed by atoms with Crippen LogP contribution in [0, 0.1) is 0 Å². The van der Waals surface area contributed by atoms with Crippen LogP contribution in [0.3, 0.4) is 0 Å². The summed E-state index contributed by atoms with van der Waals surface area (Å²) < 4.78 is 25.8. The van der Waals surface area contributed by atoms with Gasteiger partial charge in [-0.1, -0.05) is 6.92 Å². The molecule has 7 nitrogen and oxygen atoms in total. The van der Waals surface area contributed by atoms with Gasteiger partial charge in [-0.05, 0) is 24.3 Å². The van der Waals surface area contributed by atoms with Gasteiger partial charge in [-0.2, -0.15) is 0 Å². The van der Waals surface area contributed by atoms with Crippen LogP contribution in [0.15, 0.2) is 29.2 Å². The van der Waals surface area contributed by atoms with Gasteiger partial charge in [0, 0.05) is 12.1 Å². The van der Waals surface area contributed by atoms with Gasteiger partial charge in [0.05, 0.1) is 24.2 Å². The van der Waals surface area contributed by atoms with Crippen molar-refractivity contribution in [3.05, 3.63) is 29.8 Å². The van der Waals surface area contributed by atoms with Gasteiger partial charge in [-0.25, -0.2) is 13.1 Å². The smallest absolute Gasteiger partial charge is 0.251 e. The Bertz CT molecular complexity index is 537. The molecule has 4 N–H and O–H groups in total. The summed E-state index contributed by atoms with van der Waals surface area (Å²) in [5, 5.41) is 20.2. The predicted molar refractivity (Wildman–Crippen MR) is 72.7 cm³/mol. The zero-order chi connectivity index (χ0) is 15.2. The van der Waals surface area contributed by atoms with Gasteiger partial charge in [-0.3, -0.25) is 4.79 Å². The molecule has 0 bridgehead atoms. The first-order valence-electron chi connectivity index (χ1n) is 6.07. The second kappa shape index (κ2) is 7.34. The van der Waals surface area contributed by atoms with Crippen LogP contribution >= 0.6 is 0 Å². The van der Waals surface area contributed by atoms with E-state index in [9.17, 15) is 13.2 Å². The highest BCUT2D eigenvalue weighted by Gasteiger charge is 2.15. The largest absolute Gasteiger partial charge is 0.394 e. The summed E-state index contributed by atoms with van der Waals surface area (Å²) in [6.45, 7) is 1.19. The monoisotopic (exact) mass is 302 g/mol. The molecule has 112 valence electrons. The van der Waals surface area contributed by atoms with E-state index in [0.29, 0.717) is 0 Å². The van der Waals surface area contributed by atoms with Crippen molar-refractivity contribution in [2.75, 3.05) is 19.8 Å². The average Bonchev–Trinajstić information content (AvgIpc) is 2.44. The van der Waals surface area contributed by atoms with Crippen LogP contribution in [0.4, 0.5) is 0 Å². The molecule has 0 aliphatic carbocycles. The molecular weight excluding hydrogens is 284 g/mol. The van der Waals surface area contributed by atoms with Crippen LogP contribution in [-0.4, -0.2) is 50.3 Å². The molecule has 0 saturated carbocycles. The zero-order valence-corrected chi connectivity index (χ0v) is 11.9. The molecule has 8 heteroatoms. The maximum Gasteiger partial charge on any atom is 0.251 e. The molecule has 0 unspecified atom stereocenters. The Labute approximate surface area is 117 Å². The maximum atomic E-state index is 11.8. The molecule has 1 aromatic carbocycles. The number of hydrogen-bond donors (Lipinski definition) is 4. The van der Waals surface area contributed by atoms with Crippen LogP contribution in [0.2, 0.25) is 0 Å². The molecule has 0 spiro atoms. The normalized spacial score (nSPS) is 11.6. The molecule has 0 saturated heterocycles. The number of sulfonamides is 1. The Hall–Kier alpha value is -1.48. The van der Waals surface area contributed by atoms with E-state index < -0.39 is 22.0 Å². The lowest BCUT2D eigenvalue weighted by Gasteiger charge is -2.13. The third kappa shape index (κ3) is 4.27. The molecule has 1 aromatic rings. The van der Waals surface area contributed by atoms with E-state index in [2.05, 4.69) is 10.0 Å². The lowest BCUT2D eigenvalue weighted by atomic mass is 10.2. The lowest BCUT2D eigenvalue weighted by Crippen LogP contribution is -2.40. The van der Waals surface area contributed by atoms with Crippen molar-refractivity contribution in [2.24, 2.45) is 0 Å². The van der Waals surface area contributed by atoms with E-state index in [4.69, 9.17) is 10.2 Å². The number of hydrogen-bond acceptors (Lipinski definition) is 5. The Morgan fingerprint density at radius 1 is 1.20 bits per heavy atom. The van der Waals surface area contributed by atoms with Gasteiger partial charge in [0.1, 0.15) is 0 Å². The number of benzene rings is 1. The summed E-state index contributed by atoms with van der Waals surface area (Å²) in [6, 6.07) is 4.63. The van der Waals surface area contributed by atoms with Crippen molar-refractivity contribution in [3.8, 4) is 0 Å². The van der Waals surface area contributed by atoms with E-state index in [-0.39, 0.29) is 30.2 Å². The Morgan fingerprint density at radius 3 is 2.20 bits per heavy atom. The van der Waals surface area contributed by atoms with E-state index in [1.807, 2.05) is 0 Å². The highest BCUT2D eigenvalue weighted by Crippen LogP contribution is 2.10.